The van der Waals surface area contributed by atoms with Crippen LogP contribution in [0.15, 0.2) is 53.0 Å². The van der Waals surface area contributed by atoms with Gasteiger partial charge < -0.3 is 10.1 Å². The number of carbonyl (C=O) groups excluding carboxylic acids is 2. The molecule has 0 radical (unpaired) electrons. The monoisotopic (exact) mass is 361 g/mol. The maximum absolute atomic E-state index is 11.9. The molecule has 0 fully saturated rings. The molecular weight excluding hydrogens is 346 g/mol. The van der Waals surface area contributed by atoms with Crippen LogP contribution in [0, 0.1) is 6.92 Å². The minimum atomic E-state index is -0.492. The molecule has 0 unspecified atom stereocenters. The number of aryl methyl sites for hydroxylation is 1. The molecule has 0 heterocycles. The zero-order valence-corrected chi connectivity index (χ0v) is 13.7. The van der Waals surface area contributed by atoms with E-state index in [0.717, 1.165) is 15.6 Å². The maximum Gasteiger partial charge on any atom is 0.338 e. The van der Waals surface area contributed by atoms with E-state index in [9.17, 15) is 9.59 Å². The van der Waals surface area contributed by atoms with Crippen LogP contribution in [-0.4, -0.2) is 18.5 Å². The minimum absolute atomic E-state index is 0.294. The number of hydrogen-bond acceptors (Lipinski definition) is 3. The molecule has 22 heavy (non-hydrogen) atoms. The summed E-state index contributed by atoms with van der Waals surface area (Å²) >= 11 is 3.41. The molecule has 0 bridgehead atoms. The van der Waals surface area contributed by atoms with Crippen molar-refractivity contribution in [3.8, 4) is 0 Å². The van der Waals surface area contributed by atoms with Crippen LogP contribution in [0.5, 0.6) is 0 Å². The average Bonchev–Trinajstić information content (AvgIpc) is 2.52. The fourth-order valence-electron chi connectivity index (χ4n) is 1.90. The Bertz CT molecular complexity index is 685. The van der Waals surface area contributed by atoms with Crippen molar-refractivity contribution in [1.29, 1.82) is 0 Å². The van der Waals surface area contributed by atoms with Crippen LogP contribution >= 0.6 is 15.9 Å². The predicted molar refractivity (Wildman–Crippen MR) is 87.5 cm³/mol. The molecule has 0 atom stereocenters. The summed E-state index contributed by atoms with van der Waals surface area (Å²) in [5.74, 6) is -0.827. The SMILES string of the molecule is Cc1ccccc1C(=O)OCC(=O)NCc1ccccc1Br. The second-order valence-corrected chi connectivity index (χ2v) is 5.61. The third-order valence-electron chi connectivity index (χ3n) is 3.13. The number of nitrogens with one attached hydrogen (secondary N) is 1. The topological polar surface area (TPSA) is 55.4 Å². The Morgan fingerprint density at radius 1 is 1.09 bits per heavy atom. The van der Waals surface area contributed by atoms with Crippen LogP contribution in [0.4, 0.5) is 0 Å². The van der Waals surface area contributed by atoms with E-state index in [1.807, 2.05) is 43.3 Å². The molecule has 1 N–H and O–H groups in total. The third-order valence-corrected chi connectivity index (χ3v) is 3.91. The average molecular weight is 362 g/mol. The summed E-state index contributed by atoms with van der Waals surface area (Å²) in [5.41, 5.74) is 2.25. The summed E-state index contributed by atoms with van der Waals surface area (Å²) < 4.78 is 5.95. The highest BCUT2D eigenvalue weighted by Gasteiger charge is 2.12. The first-order valence-corrected chi connectivity index (χ1v) is 7.60. The number of hydrogen-bond donors (Lipinski definition) is 1. The van der Waals surface area contributed by atoms with Gasteiger partial charge in [-0.3, -0.25) is 4.79 Å². The summed E-state index contributed by atoms with van der Waals surface area (Å²) in [7, 11) is 0. The molecule has 2 aromatic carbocycles. The Morgan fingerprint density at radius 2 is 1.77 bits per heavy atom. The van der Waals surface area contributed by atoms with Crippen LogP contribution < -0.4 is 5.32 Å². The van der Waals surface area contributed by atoms with E-state index in [1.54, 1.807) is 12.1 Å². The van der Waals surface area contributed by atoms with E-state index in [4.69, 9.17) is 4.74 Å². The van der Waals surface area contributed by atoms with E-state index in [0.29, 0.717) is 12.1 Å². The van der Waals surface area contributed by atoms with Gasteiger partial charge in [-0.2, -0.15) is 0 Å². The maximum atomic E-state index is 11.9. The first-order valence-electron chi connectivity index (χ1n) is 6.81. The normalized spacial score (nSPS) is 10.1. The van der Waals surface area contributed by atoms with Crippen molar-refractivity contribution in [1.82, 2.24) is 5.32 Å². The van der Waals surface area contributed by atoms with Gasteiger partial charge in [-0.15, -0.1) is 0 Å². The lowest BCUT2D eigenvalue weighted by molar-refractivity contribution is -0.124. The number of rotatable bonds is 5. The molecule has 0 spiro atoms. The van der Waals surface area contributed by atoms with Crippen molar-refractivity contribution in [3.05, 3.63) is 69.7 Å². The van der Waals surface area contributed by atoms with Crippen molar-refractivity contribution >= 4 is 27.8 Å². The summed E-state index contributed by atoms with van der Waals surface area (Å²) in [6.45, 7) is 1.91. The van der Waals surface area contributed by atoms with Crippen LogP contribution in [-0.2, 0) is 16.1 Å². The van der Waals surface area contributed by atoms with E-state index in [-0.39, 0.29) is 12.5 Å². The highest BCUT2D eigenvalue weighted by atomic mass is 79.9. The molecule has 0 saturated heterocycles. The van der Waals surface area contributed by atoms with Gasteiger partial charge in [-0.05, 0) is 30.2 Å². The lowest BCUT2D eigenvalue weighted by atomic mass is 10.1. The Kier molecular flexibility index (Phi) is 5.72. The molecule has 0 aliphatic heterocycles. The molecule has 2 aromatic rings. The smallest absolute Gasteiger partial charge is 0.338 e. The van der Waals surface area contributed by atoms with Gasteiger partial charge >= 0.3 is 5.97 Å². The predicted octanol–water partition coefficient (Wildman–Crippen LogP) is 3.23. The molecule has 2 rings (SSSR count). The fraction of sp³-hybridized carbons (Fsp3) is 0.176. The molecule has 4 nitrogen and oxygen atoms in total. The summed E-state index contributed by atoms with van der Waals surface area (Å²) in [5, 5.41) is 2.72. The van der Waals surface area contributed by atoms with Gasteiger partial charge in [0.1, 0.15) is 0 Å². The highest BCUT2D eigenvalue weighted by molar-refractivity contribution is 9.10. The summed E-state index contributed by atoms with van der Waals surface area (Å²) in [6, 6.07) is 14.7. The summed E-state index contributed by atoms with van der Waals surface area (Å²) in [4.78, 5) is 23.6. The Balaban J connectivity index is 1.82. The van der Waals surface area contributed by atoms with Gasteiger partial charge in [0.05, 0.1) is 5.56 Å². The molecule has 0 saturated carbocycles. The number of halogens is 1. The van der Waals surface area contributed by atoms with Crippen LogP contribution in [0.2, 0.25) is 0 Å². The van der Waals surface area contributed by atoms with Crippen molar-refractivity contribution in [2.45, 2.75) is 13.5 Å². The molecule has 0 aliphatic rings. The first kappa shape index (κ1) is 16.2. The van der Waals surface area contributed by atoms with E-state index < -0.39 is 5.97 Å². The Labute approximate surface area is 137 Å². The van der Waals surface area contributed by atoms with Crippen molar-refractivity contribution in [2.24, 2.45) is 0 Å². The highest BCUT2D eigenvalue weighted by Crippen LogP contribution is 2.15. The van der Waals surface area contributed by atoms with E-state index >= 15 is 0 Å². The van der Waals surface area contributed by atoms with Gasteiger partial charge in [0, 0.05) is 11.0 Å². The molecule has 0 aromatic heterocycles. The van der Waals surface area contributed by atoms with Gasteiger partial charge in [0.2, 0.25) is 0 Å². The zero-order valence-electron chi connectivity index (χ0n) is 12.1. The molecule has 1 amide bonds. The quantitative estimate of drug-likeness (QED) is 0.831. The molecule has 0 aliphatic carbocycles. The van der Waals surface area contributed by atoms with Gasteiger partial charge in [-0.25, -0.2) is 4.79 Å². The van der Waals surface area contributed by atoms with Gasteiger partial charge in [0.25, 0.3) is 5.91 Å². The van der Waals surface area contributed by atoms with Gasteiger partial charge in [-0.1, -0.05) is 52.3 Å². The Morgan fingerprint density at radius 3 is 2.50 bits per heavy atom. The van der Waals surface area contributed by atoms with Crippen molar-refractivity contribution in [2.75, 3.05) is 6.61 Å². The van der Waals surface area contributed by atoms with Crippen LogP contribution in [0.25, 0.3) is 0 Å². The molecule has 114 valence electrons. The van der Waals surface area contributed by atoms with E-state index in [2.05, 4.69) is 21.2 Å². The third kappa shape index (κ3) is 4.43. The molecular formula is C17H16BrNO3. The van der Waals surface area contributed by atoms with E-state index in [1.165, 1.54) is 0 Å². The second kappa shape index (κ2) is 7.75. The van der Waals surface area contributed by atoms with Crippen LogP contribution in [0.3, 0.4) is 0 Å². The number of benzene rings is 2. The van der Waals surface area contributed by atoms with Crippen LogP contribution in [0.1, 0.15) is 21.5 Å². The van der Waals surface area contributed by atoms with Crippen molar-refractivity contribution in [3.63, 3.8) is 0 Å². The second-order valence-electron chi connectivity index (χ2n) is 4.76. The number of ether oxygens (including phenoxy) is 1. The van der Waals surface area contributed by atoms with Gasteiger partial charge in [0.15, 0.2) is 6.61 Å². The number of amides is 1. The standard InChI is InChI=1S/C17H16BrNO3/c1-12-6-2-4-8-14(12)17(21)22-11-16(20)19-10-13-7-3-5-9-15(13)18/h2-9H,10-11H2,1H3,(H,19,20). The minimum Gasteiger partial charge on any atom is -0.452 e. The lowest BCUT2D eigenvalue weighted by Crippen LogP contribution is -2.28. The zero-order chi connectivity index (χ0) is 15.9. The molecule has 5 heteroatoms. The number of esters is 1. The summed E-state index contributed by atoms with van der Waals surface area (Å²) in [6.07, 6.45) is 0. The van der Waals surface area contributed by atoms with Crippen molar-refractivity contribution < 1.29 is 14.3 Å². The first-order chi connectivity index (χ1) is 10.6. The number of carbonyl (C=O) groups is 2. The fourth-order valence-corrected chi connectivity index (χ4v) is 2.32. The lowest BCUT2D eigenvalue weighted by Gasteiger charge is -2.09. The Hall–Kier alpha value is -2.14. The largest absolute Gasteiger partial charge is 0.452 e.